The third-order valence-corrected chi connectivity index (χ3v) is 2.88. The van der Waals surface area contributed by atoms with Crippen LogP contribution >= 0.6 is 0 Å². The van der Waals surface area contributed by atoms with Crippen LogP contribution in [0.2, 0.25) is 0 Å². The van der Waals surface area contributed by atoms with Gasteiger partial charge in [0.2, 0.25) is 0 Å². The first-order chi connectivity index (χ1) is 9.92. The van der Waals surface area contributed by atoms with E-state index in [1.807, 2.05) is 13.8 Å². The zero-order valence-corrected chi connectivity index (χ0v) is 12.9. The summed E-state index contributed by atoms with van der Waals surface area (Å²) in [5.41, 5.74) is 8.27. The highest BCUT2D eigenvalue weighted by Crippen LogP contribution is 2.28. The van der Waals surface area contributed by atoms with Gasteiger partial charge in [-0.1, -0.05) is 18.7 Å². The zero-order chi connectivity index (χ0) is 16.0. The Labute approximate surface area is 125 Å². The van der Waals surface area contributed by atoms with E-state index >= 15 is 0 Å². The second-order valence-corrected chi connectivity index (χ2v) is 4.61. The number of carbonyl (C=O) groups is 1. The Morgan fingerprint density at radius 1 is 1.33 bits per heavy atom. The fourth-order valence-corrected chi connectivity index (χ4v) is 1.82. The summed E-state index contributed by atoms with van der Waals surface area (Å²) >= 11 is 0. The highest BCUT2D eigenvalue weighted by Gasteiger charge is 2.21. The number of ether oxygens (including phenoxy) is 3. The normalized spacial score (nSPS) is 11.4. The van der Waals surface area contributed by atoms with Gasteiger partial charge in [-0.25, -0.2) is 4.79 Å². The first-order valence-corrected chi connectivity index (χ1v) is 6.41. The van der Waals surface area contributed by atoms with E-state index in [1.165, 1.54) is 7.11 Å². The van der Waals surface area contributed by atoms with Gasteiger partial charge in [0.25, 0.3) is 0 Å². The molecule has 0 aromatic heterocycles. The molecule has 0 heterocycles. The van der Waals surface area contributed by atoms with Crippen LogP contribution < -0.4 is 10.5 Å². The summed E-state index contributed by atoms with van der Waals surface area (Å²) in [7, 11) is 2.86. The maximum absolute atomic E-state index is 12.0. The number of methoxy groups -OCH3 is 2. The lowest BCUT2D eigenvalue weighted by atomic mass is 10.00. The van der Waals surface area contributed by atoms with Crippen LogP contribution in [-0.2, 0) is 14.3 Å². The average Bonchev–Trinajstić information content (AvgIpc) is 2.46. The number of benzene rings is 1. The van der Waals surface area contributed by atoms with E-state index in [2.05, 4.69) is 6.58 Å². The maximum Gasteiger partial charge on any atom is 0.343 e. The molecule has 0 aliphatic heterocycles. The van der Waals surface area contributed by atoms with Gasteiger partial charge in [-0.2, -0.15) is 0 Å². The van der Waals surface area contributed by atoms with Gasteiger partial charge in [0, 0.05) is 5.56 Å². The Morgan fingerprint density at radius 2 is 2.00 bits per heavy atom. The Bertz CT molecular complexity index is 576. The second kappa shape index (κ2) is 7.38. The summed E-state index contributed by atoms with van der Waals surface area (Å²) in [6.45, 7) is 7.61. The molecule has 0 unspecified atom stereocenters. The number of carbonyl (C=O) groups excluding carboxylic acids is 1. The van der Waals surface area contributed by atoms with Crippen molar-refractivity contribution in [2.75, 3.05) is 20.8 Å². The lowest BCUT2D eigenvalue weighted by molar-refractivity contribution is -0.133. The van der Waals surface area contributed by atoms with Gasteiger partial charge >= 0.3 is 5.97 Å². The molecule has 0 spiro atoms. The fraction of sp³-hybridized carbons (Fsp3) is 0.312. The summed E-state index contributed by atoms with van der Waals surface area (Å²) in [4.78, 5) is 12.0. The van der Waals surface area contributed by atoms with Gasteiger partial charge in [-0.3, -0.25) is 0 Å². The summed E-state index contributed by atoms with van der Waals surface area (Å²) in [5, 5.41) is 0. The monoisotopic (exact) mass is 291 g/mol. The van der Waals surface area contributed by atoms with E-state index in [-0.39, 0.29) is 18.1 Å². The van der Waals surface area contributed by atoms with Crippen LogP contribution in [0.4, 0.5) is 0 Å². The third-order valence-electron chi connectivity index (χ3n) is 2.88. The summed E-state index contributed by atoms with van der Waals surface area (Å²) < 4.78 is 15.4. The highest BCUT2D eigenvalue weighted by molar-refractivity contribution is 6.17. The molecule has 2 N–H and O–H groups in total. The van der Waals surface area contributed by atoms with Crippen molar-refractivity contribution in [3.05, 3.63) is 47.4 Å². The molecule has 1 aromatic carbocycles. The van der Waals surface area contributed by atoms with Crippen LogP contribution in [0.25, 0.3) is 5.57 Å². The molecule has 0 bridgehead atoms. The summed E-state index contributed by atoms with van der Waals surface area (Å²) in [5.74, 6) is 0.0911. The van der Waals surface area contributed by atoms with Crippen molar-refractivity contribution in [3.63, 3.8) is 0 Å². The van der Waals surface area contributed by atoms with E-state index in [4.69, 9.17) is 19.9 Å². The molecular weight excluding hydrogens is 270 g/mol. The topological polar surface area (TPSA) is 70.8 Å². The van der Waals surface area contributed by atoms with Crippen molar-refractivity contribution < 1.29 is 19.0 Å². The predicted molar refractivity (Wildman–Crippen MR) is 81.6 cm³/mol. The quantitative estimate of drug-likeness (QED) is 0.377. The molecule has 114 valence electrons. The fourth-order valence-electron chi connectivity index (χ4n) is 1.82. The minimum atomic E-state index is -0.564. The first kappa shape index (κ1) is 16.6. The average molecular weight is 291 g/mol. The maximum atomic E-state index is 12.0. The SMILES string of the molecule is C=C(C)CO/C(N)=C(\C(=O)OC)c1cccc(OC)c1C. The smallest absolute Gasteiger partial charge is 0.343 e. The Morgan fingerprint density at radius 3 is 2.52 bits per heavy atom. The molecule has 0 atom stereocenters. The van der Waals surface area contributed by atoms with Gasteiger partial charge < -0.3 is 19.9 Å². The van der Waals surface area contributed by atoms with Crippen LogP contribution in [0, 0.1) is 6.92 Å². The number of hydrogen-bond acceptors (Lipinski definition) is 5. The van der Waals surface area contributed by atoms with Crippen molar-refractivity contribution in [2.24, 2.45) is 5.73 Å². The van der Waals surface area contributed by atoms with Crippen molar-refractivity contribution in [1.82, 2.24) is 0 Å². The lowest BCUT2D eigenvalue weighted by Crippen LogP contribution is -2.15. The molecule has 0 amide bonds. The molecule has 21 heavy (non-hydrogen) atoms. The minimum absolute atomic E-state index is 0.00111. The second-order valence-electron chi connectivity index (χ2n) is 4.61. The van der Waals surface area contributed by atoms with Crippen LogP contribution in [0.15, 0.2) is 36.2 Å². The van der Waals surface area contributed by atoms with Crippen molar-refractivity contribution in [3.8, 4) is 5.75 Å². The Balaban J connectivity index is 3.35. The van der Waals surface area contributed by atoms with Gasteiger partial charge in [-0.05, 0) is 31.1 Å². The van der Waals surface area contributed by atoms with E-state index in [9.17, 15) is 4.79 Å². The van der Waals surface area contributed by atoms with Crippen LogP contribution in [0.1, 0.15) is 18.1 Å². The molecule has 0 fully saturated rings. The molecule has 1 aromatic rings. The van der Waals surface area contributed by atoms with Crippen molar-refractivity contribution in [2.45, 2.75) is 13.8 Å². The Hall–Kier alpha value is -2.43. The molecule has 5 nitrogen and oxygen atoms in total. The van der Waals surface area contributed by atoms with Crippen molar-refractivity contribution >= 4 is 11.5 Å². The lowest BCUT2D eigenvalue weighted by Gasteiger charge is -2.15. The van der Waals surface area contributed by atoms with Gasteiger partial charge in [0.05, 0.1) is 14.2 Å². The highest BCUT2D eigenvalue weighted by atomic mass is 16.5. The molecule has 0 radical (unpaired) electrons. The van der Waals surface area contributed by atoms with Gasteiger partial charge in [0.15, 0.2) is 5.88 Å². The number of esters is 1. The van der Waals surface area contributed by atoms with Gasteiger partial charge in [-0.15, -0.1) is 0 Å². The van der Waals surface area contributed by atoms with E-state index in [0.717, 1.165) is 11.1 Å². The summed E-state index contributed by atoms with van der Waals surface area (Å²) in [6.07, 6.45) is 0. The van der Waals surface area contributed by atoms with Crippen LogP contribution in [0.3, 0.4) is 0 Å². The predicted octanol–water partition coefficient (Wildman–Crippen LogP) is 2.40. The molecule has 1 rings (SSSR count). The molecule has 0 saturated heterocycles. The molecule has 0 aliphatic rings. The standard InChI is InChI=1S/C16H21NO4/c1-10(2)9-21-15(17)14(16(18)20-5)12-7-6-8-13(19-4)11(12)3/h6-8H,1,9,17H2,2-5H3/b15-14-. The van der Waals surface area contributed by atoms with Gasteiger partial charge in [0.1, 0.15) is 17.9 Å². The Kier molecular flexibility index (Phi) is 5.84. The zero-order valence-electron chi connectivity index (χ0n) is 12.9. The first-order valence-electron chi connectivity index (χ1n) is 6.41. The third kappa shape index (κ3) is 4.02. The number of hydrogen-bond donors (Lipinski definition) is 1. The summed E-state index contributed by atoms with van der Waals surface area (Å²) in [6, 6.07) is 5.34. The van der Waals surface area contributed by atoms with Crippen LogP contribution in [0.5, 0.6) is 5.75 Å². The molecule has 0 saturated carbocycles. The number of nitrogens with two attached hydrogens (primary N) is 1. The number of rotatable bonds is 6. The largest absolute Gasteiger partial charge is 0.496 e. The van der Waals surface area contributed by atoms with E-state index < -0.39 is 5.97 Å². The molecular formula is C16H21NO4. The molecule has 0 aliphatic carbocycles. The molecule has 5 heteroatoms. The van der Waals surface area contributed by atoms with Crippen molar-refractivity contribution in [1.29, 1.82) is 0 Å². The van der Waals surface area contributed by atoms with E-state index in [0.29, 0.717) is 11.3 Å². The van der Waals surface area contributed by atoms with Crippen LogP contribution in [-0.4, -0.2) is 26.8 Å². The van der Waals surface area contributed by atoms with E-state index in [1.54, 1.807) is 25.3 Å². The minimum Gasteiger partial charge on any atom is -0.496 e.